The number of thiazole rings is 1. The van der Waals surface area contributed by atoms with Crippen LogP contribution in [0.4, 0.5) is 4.39 Å². The lowest BCUT2D eigenvalue weighted by Crippen LogP contribution is -2.24. The number of nitrogens with zero attached hydrogens (tertiary/aromatic N) is 1. The van der Waals surface area contributed by atoms with E-state index in [1.54, 1.807) is 24.6 Å². The van der Waals surface area contributed by atoms with Crippen molar-refractivity contribution in [2.45, 2.75) is 13.0 Å². The van der Waals surface area contributed by atoms with E-state index >= 15 is 0 Å². The van der Waals surface area contributed by atoms with Gasteiger partial charge < -0.3 is 9.47 Å². The third-order valence-corrected chi connectivity index (χ3v) is 4.72. The third-order valence-electron chi connectivity index (χ3n) is 3.83. The Morgan fingerprint density at radius 1 is 1.07 bits per heavy atom. The molecule has 0 amide bonds. The Balaban J connectivity index is 1.68. The first-order valence-corrected chi connectivity index (χ1v) is 8.96. The highest BCUT2D eigenvalue weighted by atomic mass is 32.1. The number of hydrogen-bond acceptors (Lipinski definition) is 6. The first-order valence-electron chi connectivity index (χ1n) is 8.08. The zero-order valence-corrected chi connectivity index (χ0v) is 15.5. The van der Waals surface area contributed by atoms with Crippen LogP contribution < -0.4 is 4.74 Å². The molecule has 0 saturated heterocycles. The molecule has 0 bridgehead atoms. The predicted molar refractivity (Wildman–Crippen MR) is 99.7 cm³/mol. The molecule has 2 aromatic carbocycles. The molecular formula is C20H16FNO4S. The van der Waals surface area contributed by atoms with Crippen molar-refractivity contribution in [1.82, 2.24) is 4.98 Å². The van der Waals surface area contributed by atoms with Gasteiger partial charge in [-0.15, -0.1) is 11.3 Å². The van der Waals surface area contributed by atoms with Crippen LogP contribution in [0.2, 0.25) is 0 Å². The van der Waals surface area contributed by atoms with Gasteiger partial charge in [0.25, 0.3) is 0 Å². The Kier molecular flexibility index (Phi) is 5.61. The van der Waals surface area contributed by atoms with Crippen molar-refractivity contribution in [3.63, 3.8) is 0 Å². The summed E-state index contributed by atoms with van der Waals surface area (Å²) in [5.41, 5.74) is 1.24. The number of carbonyl (C=O) groups excluding carboxylic acids is 2. The fourth-order valence-electron chi connectivity index (χ4n) is 2.36. The summed E-state index contributed by atoms with van der Waals surface area (Å²) >= 11 is 1.30. The number of ether oxygens (including phenoxy) is 2. The van der Waals surface area contributed by atoms with Crippen LogP contribution in [0.1, 0.15) is 27.8 Å². The second kappa shape index (κ2) is 8.09. The molecule has 7 heteroatoms. The molecular weight excluding hydrogens is 369 g/mol. The Labute approximate surface area is 159 Å². The molecule has 27 heavy (non-hydrogen) atoms. The van der Waals surface area contributed by atoms with Crippen LogP contribution in [0.25, 0.3) is 10.6 Å². The van der Waals surface area contributed by atoms with Gasteiger partial charge in [-0.2, -0.15) is 0 Å². The zero-order valence-electron chi connectivity index (χ0n) is 14.6. The van der Waals surface area contributed by atoms with E-state index in [-0.39, 0.29) is 11.3 Å². The van der Waals surface area contributed by atoms with Gasteiger partial charge >= 0.3 is 5.97 Å². The standard InChI is InChI=1S/C20H16FNO4S/c1-12(18(23)13-3-7-15(21)8-4-13)26-20(24)17-11-27-19(22-17)14-5-9-16(25-2)10-6-14/h3-12H,1-2H3/t12-/m0/s1. The highest BCUT2D eigenvalue weighted by molar-refractivity contribution is 7.13. The van der Waals surface area contributed by atoms with E-state index in [9.17, 15) is 14.0 Å². The number of methoxy groups -OCH3 is 1. The molecule has 0 N–H and O–H groups in total. The van der Waals surface area contributed by atoms with Crippen molar-refractivity contribution in [2.24, 2.45) is 0 Å². The Morgan fingerprint density at radius 2 is 1.74 bits per heavy atom. The van der Waals surface area contributed by atoms with Crippen molar-refractivity contribution in [3.8, 4) is 16.3 Å². The van der Waals surface area contributed by atoms with E-state index in [0.717, 1.165) is 11.3 Å². The number of carbonyl (C=O) groups is 2. The molecule has 0 unspecified atom stereocenters. The molecule has 0 spiro atoms. The van der Waals surface area contributed by atoms with Crippen LogP contribution in [-0.4, -0.2) is 30.0 Å². The minimum atomic E-state index is -1.01. The lowest BCUT2D eigenvalue weighted by atomic mass is 10.1. The average Bonchev–Trinajstić information content (AvgIpc) is 3.18. The molecule has 3 aromatic rings. The van der Waals surface area contributed by atoms with Gasteiger partial charge in [0.15, 0.2) is 11.8 Å². The van der Waals surface area contributed by atoms with Gasteiger partial charge in [-0.25, -0.2) is 14.2 Å². The van der Waals surface area contributed by atoms with E-state index in [4.69, 9.17) is 9.47 Å². The Morgan fingerprint density at radius 3 is 2.37 bits per heavy atom. The second-order valence-corrected chi connectivity index (χ2v) is 6.54. The van der Waals surface area contributed by atoms with Gasteiger partial charge in [0.05, 0.1) is 7.11 Å². The van der Waals surface area contributed by atoms with E-state index in [0.29, 0.717) is 5.01 Å². The molecule has 0 aliphatic heterocycles. The summed E-state index contributed by atoms with van der Waals surface area (Å²) in [6.07, 6.45) is -1.01. The van der Waals surface area contributed by atoms with Crippen LogP contribution in [0.3, 0.4) is 0 Å². The number of aromatic nitrogens is 1. The van der Waals surface area contributed by atoms with Crippen LogP contribution >= 0.6 is 11.3 Å². The molecule has 0 aliphatic rings. The molecule has 138 valence electrons. The maximum absolute atomic E-state index is 13.0. The minimum absolute atomic E-state index is 0.129. The molecule has 5 nitrogen and oxygen atoms in total. The quantitative estimate of drug-likeness (QED) is 0.465. The first-order chi connectivity index (χ1) is 13.0. The fourth-order valence-corrected chi connectivity index (χ4v) is 3.15. The summed E-state index contributed by atoms with van der Waals surface area (Å²) in [7, 11) is 1.58. The summed E-state index contributed by atoms with van der Waals surface area (Å²) in [6.45, 7) is 1.47. The number of benzene rings is 2. The van der Waals surface area contributed by atoms with Gasteiger partial charge in [0.1, 0.15) is 16.6 Å². The summed E-state index contributed by atoms with van der Waals surface area (Å²) in [5, 5.41) is 2.24. The summed E-state index contributed by atoms with van der Waals surface area (Å²) in [6, 6.07) is 12.4. The highest BCUT2D eigenvalue weighted by Crippen LogP contribution is 2.26. The van der Waals surface area contributed by atoms with E-state index in [1.807, 2.05) is 12.1 Å². The van der Waals surface area contributed by atoms with Crippen molar-refractivity contribution < 1.29 is 23.5 Å². The van der Waals surface area contributed by atoms with Gasteiger partial charge in [-0.3, -0.25) is 4.79 Å². The Hall–Kier alpha value is -3.06. The highest BCUT2D eigenvalue weighted by Gasteiger charge is 2.22. The van der Waals surface area contributed by atoms with Crippen LogP contribution in [0, 0.1) is 5.82 Å². The number of ketones is 1. The van der Waals surface area contributed by atoms with Gasteiger partial charge in [0.2, 0.25) is 5.78 Å². The number of Topliss-reactive ketones (excluding diaryl/α,β-unsaturated/α-hetero) is 1. The molecule has 0 fully saturated rings. The number of halogens is 1. The lowest BCUT2D eigenvalue weighted by molar-refractivity contribution is 0.0314. The van der Waals surface area contributed by atoms with Gasteiger partial charge in [-0.05, 0) is 55.5 Å². The van der Waals surface area contributed by atoms with Crippen molar-refractivity contribution in [1.29, 1.82) is 0 Å². The van der Waals surface area contributed by atoms with Crippen LogP contribution in [0.15, 0.2) is 53.9 Å². The maximum atomic E-state index is 13.0. The molecule has 1 aromatic heterocycles. The number of rotatable bonds is 6. The van der Waals surface area contributed by atoms with Crippen molar-refractivity contribution >= 4 is 23.1 Å². The normalized spacial score (nSPS) is 11.7. The monoisotopic (exact) mass is 385 g/mol. The molecule has 1 atom stereocenters. The zero-order chi connectivity index (χ0) is 19.4. The molecule has 1 heterocycles. The molecule has 0 saturated carbocycles. The van der Waals surface area contributed by atoms with Crippen LogP contribution in [0.5, 0.6) is 5.75 Å². The fraction of sp³-hybridized carbons (Fsp3) is 0.150. The molecule has 0 aliphatic carbocycles. The predicted octanol–water partition coefficient (Wildman–Crippen LogP) is 4.39. The third kappa shape index (κ3) is 4.38. The largest absolute Gasteiger partial charge is 0.497 e. The van der Waals surface area contributed by atoms with E-state index in [1.165, 1.54) is 42.5 Å². The summed E-state index contributed by atoms with van der Waals surface area (Å²) in [4.78, 5) is 28.8. The van der Waals surface area contributed by atoms with E-state index < -0.39 is 23.7 Å². The maximum Gasteiger partial charge on any atom is 0.358 e. The van der Waals surface area contributed by atoms with Gasteiger partial charge in [0, 0.05) is 16.5 Å². The van der Waals surface area contributed by atoms with Crippen molar-refractivity contribution in [3.05, 3.63) is 71.0 Å². The minimum Gasteiger partial charge on any atom is -0.497 e. The smallest absolute Gasteiger partial charge is 0.358 e. The Bertz CT molecular complexity index is 951. The SMILES string of the molecule is COc1ccc(-c2nc(C(=O)O[C@@H](C)C(=O)c3ccc(F)cc3)cs2)cc1. The molecule has 3 rings (SSSR count). The molecule has 0 radical (unpaired) electrons. The van der Waals surface area contributed by atoms with E-state index in [2.05, 4.69) is 4.98 Å². The summed E-state index contributed by atoms with van der Waals surface area (Å²) in [5.74, 6) is -0.810. The average molecular weight is 385 g/mol. The lowest BCUT2D eigenvalue weighted by Gasteiger charge is -2.11. The first kappa shape index (κ1) is 18.7. The number of hydrogen-bond donors (Lipinski definition) is 0. The second-order valence-electron chi connectivity index (χ2n) is 5.69. The topological polar surface area (TPSA) is 65.5 Å². The van der Waals surface area contributed by atoms with Crippen LogP contribution in [-0.2, 0) is 4.74 Å². The van der Waals surface area contributed by atoms with Crippen molar-refractivity contribution in [2.75, 3.05) is 7.11 Å². The van der Waals surface area contributed by atoms with Gasteiger partial charge in [-0.1, -0.05) is 0 Å². The summed E-state index contributed by atoms with van der Waals surface area (Å²) < 4.78 is 23.3. The number of esters is 1.